The predicted molar refractivity (Wildman–Crippen MR) is 88.8 cm³/mol. The van der Waals surface area contributed by atoms with Crippen LogP contribution >= 0.6 is 11.6 Å². The lowest BCUT2D eigenvalue weighted by Crippen LogP contribution is -1.98. The van der Waals surface area contributed by atoms with E-state index in [0.717, 1.165) is 0 Å². The molecule has 0 radical (unpaired) electrons. The lowest BCUT2D eigenvalue weighted by atomic mass is 9.94. The quantitative estimate of drug-likeness (QED) is 0.592. The Morgan fingerprint density at radius 3 is 2.10 bits per heavy atom. The molecular formula is C19H23Cl. The summed E-state index contributed by atoms with van der Waals surface area (Å²) in [7, 11) is 0. The fourth-order valence-corrected chi connectivity index (χ4v) is 2.91. The van der Waals surface area contributed by atoms with Gasteiger partial charge in [0.1, 0.15) is 0 Å². The van der Waals surface area contributed by atoms with E-state index in [1.807, 2.05) is 0 Å². The summed E-state index contributed by atoms with van der Waals surface area (Å²) in [6.45, 7) is 8.72. The predicted octanol–water partition coefficient (Wildman–Crippen LogP) is 6.15. The monoisotopic (exact) mass is 286 g/mol. The van der Waals surface area contributed by atoms with Crippen LogP contribution < -0.4 is 0 Å². The largest absolute Gasteiger partial charge is 0.113 e. The lowest BCUT2D eigenvalue weighted by molar-refractivity contribution is 0.733. The molecule has 0 N–H and O–H groups in total. The molecular weight excluding hydrogens is 264 g/mol. The molecule has 0 nitrogen and oxygen atoms in total. The summed E-state index contributed by atoms with van der Waals surface area (Å²) < 4.78 is 0. The molecule has 2 atom stereocenters. The van der Waals surface area contributed by atoms with Crippen molar-refractivity contribution in [1.29, 1.82) is 0 Å². The molecule has 20 heavy (non-hydrogen) atoms. The van der Waals surface area contributed by atoms with Gasteiger partial charge in [0.15, 0.2) is 0 Å². The molecule has 106 valence electrons. The van der Waals surface area contributed by atoms with Crippen molar-refractivity contribution in [3.8, 4) is 0 Å². The molecule has 0 amide bonds. The Hall–Kier alpha value is -1.27. The first-order valence-corrected chi connectivity index (χ1v) is 7.77. The summed E-state index contributed by atoms with van der Waals surface area (Å²) in [4.78, 5) is 0. The number of rotatable bonds is 4. The number of aryl methyl sites for hydroxylation is 2. The zero-order valence-electron chi connectivity index (χ0n) is 12.8. The Morgan fingerprint density at radius 1 is 0.950 bits per heavy atom. The van der Waals surface area contributed by atoms with Gasteiger partial charge < -0.3 is 0 Å². The molecule has 0 bridgehead atoms. The maximum Gasteiger partial charge on any atom is 0.0838 e. The average molecular weight is 287 g/mol. The Bertz CT molecular complexity index is 569. The van der Waals surface area contributed by atoms with Crippen LogP contribution in [0.4, 0.5) is 0 Å². The van der Waals surface area contributed by atoms with E-state index in [9.17, 15) is 0 Å². The molecule has 0 aliphatic rings. The van der Waals surface area contributed by atoms with Crippen LogP contribution in [0, 0.1) is 13.8 Å². The Balaban J connectivity index is 2.26. The molecule has 2 aromatic rings. The van der Waals surface area contributed by atoms with Crippen LogP contribution in [0.1, 0.15) is 59.4 Å². The van der Waals surface area contributed by atoms with E-state index in [2.05, 4.69) is 70.2 Å². The van der Waals surface area contributed by atoms with Crippen molar-refractivity contribution in [2.24, 2.45) is 0 Å². The van der Waals surface area contributed by atoms with Crippen molar-refractivity contribution < 1.29 is 0 Å². The van der Waals surface area contributed by atoms with E-state index in [-0.39, 0.29) is 5.38 Å². The maximum atomic E-state index is 6.66. The second-order valence-electron chi connectivity index (χ2n) is 5.70. The van der Waals surface area contributed by atoms with E-state index in [1.165, 1.54) is 34.2 Å². The summed E-state index contributed by atoms with van der Waals surface area (Å²) in [6, 6.07) is 15.2. The van der Waals surface area contributed by atoms with Crippen LogP contribution in [0.3, 0.4) is 0 Å². The van der Waals surface area contributed by atoms with E-state index in [1.54, 1.807) is 0 Å². The minimum Gasteiger partial charge on any atom is -0.113 e. The van der Waals surface area contributed by atoms with Crippen molar-refractivity contribution in [1.82, 2.24) is 0 Å². The summed E-state index contributed by atoms with van der Waals surface area (Å²) in [5, 5.41) is -0.0680. The number of halogens is 1. The average Bonchev–Trinajstić information content (AvgIpc) is 2.46. The van der Waals surface area contributed by atoms with Crippen LogP contribution in [0.2, 0.25) is 0 Å². The summed E-state index contributed by atoms with van der Waals surface area (Å²) in [5.41, 5.74) is 6.30. The topological polar surface area (TPSA) is 0 Å². The summed E-state index contributed by atoms with van der Waals surface area (Å²) >= 11 is 6.66. The van der Waals surface area contributed by atoms with Crippen molar-refractivity contribution >= 4 is 11.6 Å². The fourth-order valence-electron chi connectivity index (χ4n) is 2.52. The van der Waals surface area contributed by atoms with Gasteiger partial charge in [-0.3, -0.25) is 0 Å². The van der Waals surface area contributed by atoms with Gasteiger partial charge in [0, 0.05) is 0 Å². The van der Waals surface area contributed by atoms with Gasteiger partial charge >= 0.3 is 0 Å². The first-order valence-electron chi connectivity index (χ1n) is 7.34. The SMILES string of the molecule is CCC(C)c1ccc(C(Cl)c2ccc(C)cc2C)cc1. The standard InChI is InChI=1S/C19H23Cl/c1-5-14(3)16-7-9-17(10-8-16)19(20)18-11-6-13(2)12-15(18)4/h6-12,14,19H,5H2,1-4H3. The van der Waals surface area contributed by atoms with E-state index < -0.39 is 0 Å². The van der Waals surface area contributed by atoms with E-state index in [0.29, 0.717) is 5.92 Å². The van der Waals surface area contributed by atoms with Crippen molar-refractivity contribution in [3.63, 3.8) is 0 Å². The van der Waals surface area contributed by atoms with E-state index >= 15 is 0 Å². The number of hydrogen-bond donors (Lipinski definition) is 0. The minimum atomic E-state index is -0.0680. The van der Waals surface area contributed by atoms with Crippen LogP contribution in [-0.2, 0) is 0 Å². The minimum absolute atomic E-state index is 0.0680. The Labute approximate surface area is 127 Å². The van der Waals surface area contributed by atoms with Crippen molar-refractivity contribution in [2.75, 3.05) is 0 Å². The van der Waals surface area contributed by atoms with Crippen LogP contribution in [0.5, 0.6) is 0 Å². The Kier molecular flexibility index (Phi) is 4.88. The molecule has 0 spiro atoms. The van der Waals surface area contributed by atoms with Gasteiger partial charge in [0.05, 0.1) is 5.38 Å². The van der Waals surface area contributed by atoms with Gasteiger partial charge in [0.25, 0.3) is 0 Å². The first kappa shape index (κ1) is 15.1. The molecule has 0 saturated heterocycles. The molecule has 1 heteroatoms. The highest BCUT2D eigenvalue weighted by atomic mass is 35.5. The number of alkyl halides is 1. The second kappa shape index (κ2) is 6.45. The lowest BCUT2D eigenvalue weighted by Gasteiger charge is -2.15. The second-order valence-corrected chi connectivity index (χ2v) is 6.13. The van der Waals surface area contributed by atoms with Gasteiger partial charge in [-0.2, -0.15) is 0 Å². The molecule has 2 rings (SSSR count). The van der Waals surface area contributed by atoms with Gasteiger partial charge in [0.2, 0.25) is 0 Å². The number of benzene rings is 2. The zero-order valence-corrected chi connectivity index (χ0v) is 13.5. The third-order valence-corrected chi connectivity index (χ3v) is 4.60. The van der Waals surface area contributed by atoms with E-state index in [4.69, 9.17) is 11.6 Å². The highest BCUT2D eigenvalue weighted by Gasteiger charge is 2.13. The fraction of sp³-hybridized carbons (Fsp3) is 0.368. The maximum absolute atomic E-state index is 6.66. The van der Waals surface area contributed by atoms with Gasteiger partial charge in [-0.1, -0.05) is 61.9 Å². The third-order valence-electron chi connectivity index (χ3n) is 4.11. The molecule has 2 aromatic carbocycles. The van der Waals surface area contributed by atoms with Crippen molar-refractivity contribution in [3.05, 3.63) is 70.3 Å². The summed E-state index contributed by atoms with van der Waals surface area (Å²) in [5.74, 6) is 0.610. The molecule has 0 heterocycles. The van der Waals surface area contributed by atoms with Gasteiger partial charge in [-0.05, 0) is 48.4 Å². The molecule has 0 aliphatic carbocycles. The third kappa shape index (κ3) is 3.24. The molecule has 0 aliphatic heterocycles. The highest BCUT2D eigenvalue weighted by molar-refractivity contribution is 6.22. The van der Waals surface area contributed by atoms with Crippen LogP contribution in [0.15, 0.2) is 42.5 Å². The summed E-state index contributed by atoms with van der Waals surface area (Å²) in [6.07, 6.45) is 1.17. The number of hydrogen-bond acceptors (Lipinski definition) is 0. The highest BCUT2D eigenvalue weighted by Crippen LogP contribution is 2.32. The van der Waals surface area contributed by atoms with Crippen LogP contribution in [-0.4, -0.2) is 0 Å². The molecule has 0 fully saturated rings. The first-order chi connectivity index (χ1) is 9.52. The molecule has 0 aromatic heterocycles. The normalized spacial score (nSPS) is 14.1. The van der Waals surface area contributed by atoms with Gasteiger partial charge in [-0.25, -0.2) is 0 Å². The van der Waals surface area contributed by atoms with Crippen molar-refractivity contribution in [2.45, 2.75) is 45.4 Å². The van der Waals surface area contributed by atoms with Crippen LogP contribution in [0.25, 0.3) is 0 Å². The Morgan fingerprint density at radius 2 is 1.55 bits per heavy atom. The smallest absolute Gasteiger partial charge is 0.0838 e. The molecule has 2 unspecified atom stereocenters. The zero-order chi connectivity index (χ0) is 14.7. The van der Waals surface area contributed by atoms with Gasteiger partial charge in [-0.15, -0.1) is 11.6 Å². The molecule has 0 saturated carbocycles.